The number of nitrogens with one attached hydrogen (secondary N) is 2. The molecule has 0 bridgehead atoms. The maximum atomic E-state index is 12.6. The lowest BCUT2D eigenvalue weighted by molar-refractivity contribution is -0.134. The molecule has 0 aromatic heterocycles. The van der Waals surface area contributed by atoms with Crippen LogP contribution in [0.4, 0.5) is 4.79 Å². The SMILES string of the molecule is CCCNC(=O)CN1C(=O)N[C@@](C)(c2ccc(Cl)cc2)C1=O. The standard InChI is InChI=1S/C15H18ClN3O3/c1-3-8-17-12(20)9-19-13(21)15(2,18-14(19)22)10-4-6-11(16)7-5-10/h4-7H,3,8-9H2,1-2H3,(H,17,20)(H,18,22)/t15-/m0/s1. The van der Waals surface area contributed by atoms with Crippen molar-refractivity contribution in [3.05, 3.63) is 34.9 Å². The molecule has 1 aromatic carbocycles. The van der Waals surface area contributed by atoms with Crippen molar-refractivity contribution in [1.29, 1.82) is 0 Å². The lowest BCUT2D eigenvalue weighted by Crippen LogP contribution is -2.43. The summed E-state index contributed by atoms with van der Waals surface area (Å²) >= 11 is 5.84. The smallest absolute Gasteiger partial charge is 0.325 e. The van der Waals surface area contributed by atoms with Gasteiger partial charge in [0.1, 0.15) is 12.1 Å². The number of hydrogen-bond donors (Lipinski definition) is 2. The molecular formula is C15H18ClN3O3. The summed E-state index contributed by atoms with van der Waals surface area (Å²) in [7, 11) is 0. The Morgan fingerprint density at radius 2 is 1.95 bits per heavy atom. The van der Waals surface area contributed by atoms with Crippen molar-refractivity contribution in [1.82, 2.24) is 15.5 Å². The minimum Gasteiger partial charge on any atom is -0.355 e. The van der Waals surface area contributed by atoms with E-state index in [0.29, 0.717) is 17.1 Å². The summed E-state index contributed by atoms with van der Waals surface area (Å²) in [5, 5.41) is 5.83. The predicted octanol–water partition coefficient (Wildman–Crippen LogP) is 1.63. The van der Waals surface area contributed by atoms with Crippen molar-refractivity contribution in [2.45, 2.75) is 25.8 Å². The molecule has 0 radical (unpaired) electrons. The fourth-order valence-electron chi connectivity index (χ4n) is 2.28. The van der Waals surface area contributed by atoms with Crippen LogP contribution in [0.5, 0.6) is 0 Å². The summed E-state index contributed by atoms with van der Waals surface area (Å²) in [6.45, 7) is 3.76. The molecule has 0 unspecified atom stereocenters. The molecule has 2 N–H and O–H groups in total. The van der Waals surface area contributed by atoms with Gasteiger partial charge in [-0.15, -0.1) is 0 Å². The number of urea groups is 1. The van der Waals surface area contributed by atoms with E-state index in [4.69, 9.17) is 11.6 Å². The van der Waals surface area contributed by atoms with Crippen molar-refractivity contribution < 1.29 is 14.4 Å². The van der Waals surface area contributed by atoms with Crippen LogP contribution in [-0.4, -0.2) is 35.8 Å². The molecule has 0 saturated carbocycles. The van der Waals surface area contributed by atoms with E-state index in [1.54, 1.807) is 31.2 Å². The fraction of sp³-hybridized carbons (Fsp3) is 0.400. The van der Waals surface area contributed by atoms with Gasteiger partial charge in [-0.1, -0.05) is 30.7 Å². The maximum absolute atomic E-state index is 12.6. The van der Waals surface area contributed by atoms with E-state index in [0.717, 1.165) is 11.3 Å². The Morgan fingerprint density at radius 3 is 2.55 bits per heavy atom. The molecule has 7 heteroatoms. The Hall–Kier alpha value is -2.08. The molecule has 1 aliphatic heterocycles. The van der Waals surface area contributed by atoms with E-state index >= 15 is 0 Å². The topological polar surface area (TPSA) is 78.5 Å². The minimum absolute atomic E-state index is 0.284. The minimum atomic E-state index is -1.19. The average Bonchev–Trinajstić information content (AvgIpc) is 2.70. The van der Waals surface area contributed by atoms with Crippen LogP contribution < -0.4 is 10.6 Å². The number of halogens is 1. The zero-order valence-corrected chi connectivity index (χ0v) is 13.2. The maximum Gasteiger partial charge on any atom is 0.325 e. The predicted molar refractivity (Wildman–Crippen MR) is 82.3 cm³/mol. The lowest BCUT2D eigenvalue weighted by atomic mass is 9.92. The van der Waals surface area contributed by atoms with Gasteiger partial charge in [0.15, 0.2) is 0 Å². The summed E-state index contributed by atoms with van der Waals surface area (Å²) in [6, 6.07) is 6.09. The largest absolute Gasteiger partial charge is 0.355 e. The van der Waals surface area contributed by atoms with Crippen LogP contribution in [-0.2, 0) is 15.1 Å². The van der Waals surface area contributed by atoms with Gasteiger partial charge in [-0.25, -0.2) is 4.79 Å². The summed E-state index contributed by atoms with van der Waals surface area (Å²) in [5.41, 5.74) is -0.570. The van der Waals surface area contributed by atoms with Crippen LogP contribution in [0.15, 0.2) is 24.3 Å². The number of benzene rings is 1. The van der Waals surface area contributed by atoms with E-state index in [2.05, 4.69) is 10.6 Å². The van der Waals surface area contributed by atoms with Crippen LogP contribution in [0.25, 0.3) is 0 Å². The third kappa shape index (κ3) is 3.06. The highest BCUT2D eigenvalue weighted by molar-refractivity contribution is 6.30. The van der Waals surface area contributed by atoms with Crippen LogP contribution >= 0.6 is 11.6 Å². The van der Waals surface area contributed by atoms with E-state index in [-0.39, 0.29) is 12.5 Å². The fourth-order valence-corrected chi connectivity index (χ4v) is 2.41. The third-order valence-electron chi connectivity index (χ3n) is 3.57. The molecule has 0 aliphatic carbocycles. The Labute approximate surface area is 133 Å². The average molecular weight is 324 g/mol. The number of nitrogens with zero attached hydrogens (tertiary/aromatic N) is 1. The Morgan fingerprint density at radius 1 is 1.32 bits per heavy atom. The van der Waals surface area contributed by atoms with Crippen molar-refractivity contribution in [3.8, 4) is 0 Å². The number of carbonyl (C=O) groups excluding carboxylic acids is 3. The zero-order chi connectivity index (χ0) is 16.3. The third-order valence-corrected chi connectivity index (χ3v) is 3.82. The second-order valence-electron chi connectivity index (χ2n) is 5.30. The van der Waals surface area contributed by atoms with Gasteiger partial charge in [-0.3, -0.25) is 14.5 Å². The lowest BCUT2D eigenvalue weighted by Gasteiger charge is -2.22. The molecule has 1 saturated heterocycles. The second-order valence-corrected chi connectivity index (χ2v) is 5.74. The Bertz CT molecular complexity index is 603. The molecule has 1 aromatic rings. The van der Waals surface area contributed by atoms with Crippen LogP contribution in [0.1, 0.15) is 25.8 Å². The summed E-state index contributed by atoms with van der Waals surface area (Å²) in [4.78, 5) is 37.3. The van der Waals surface area contributed by atoms with Crippen molar-refractivity contribution in [2.24, 2.45) is 0 Å². The van der Waals surface area contributed by atoms with E-state index in [9.17, 15) is 14.4 Å². The van der Waals surface area contributed by atoms with Gasteiger partial charge in [-0.05, 0) is 31.0 Å². The molecule has 1 fully saturated rings. The molecule has 1 aliphatic rings. The van der Waals surface area contributed by atoms with Crippen LogP contribution in [0.3, 0.4) is 0 Å². The Balaban J connectivity index is 2.17. The normalized spacial score (nSPS) is 21.0. The summed E-state index contributed by atoms with van der Waals surface area (Å²) in [5.74, 6) is -0.808. The van der Waals surface area contributed by atoms with E-state index in [1.165, 1.54) is 0 Å². The van der Waals surface area contributed by atoms with E-state index < -0.39 is 17.5 Å². The number of carbonyl (C=O) groups is 3. The number of amides is 4. The monoisotopic (exact) mass is 323 g/mol. The summed E-state index contributed by atoms with van der Waals surface area (Å²) in [6.07, 6.45) is 0.786. The second kappa shape index (κ2) is 6.36. The number of hydrogen-bond acceptors (Lipinski definition) is 3. The highest BCUT2D eigenvalue weighted by atomic mass is 35.5. The van der Waals surface area contributed by atoms with E-state index in [1.807, 2.05) is 6.92 Å². The first-order valence-electron chi connectivity index (χ1n) is 7.05. The van der Waals surface area contributed by atoms with Crippen LogP contribution in [0.2, 0.25) is 5.02 Å². The van der Waals surface area contributed by atoms with Gasteiger partial charge >= 0.3 is 6.03 Å². The molecule has 22 heavy (non-hydrogen) atoms. The van der Waals surface area contributed by atoms with Gasteiger partial charge in [0.05, 0.1) is 0 Å². The van der Waals surface area contributed by atoms with Gasteiger partial charge < -0.3 is 10.6 Å². The molecule has 2 rings (SSSR count). The Kier molecular flexibility index (Phi) is 4.71. The molecule has 0 spiro atoms. The number of rotatable bonds is 5. The number of imide groups is 1. The first kappa shape index (κ1) is 16.3. The highest BCUT2D eigenvalue weighted by Gasteiger charge is 2.49. The van der Waals surface area contributed by atoms with Gasteiger partial charge in [0, 0.05) is 11.6 Å². The molecule has 6 nitrogen and oxygen atoms in total. The molecule has 4 amide bonds. The summed E-state index contributed by atoms with van der Waals surface area (Å²) < 4.78 is 0. The van der Waals surface area contributed by atoms with Crippen molar-refractivity contribution >= 4 is 29.4 Å². The van der Waals surface area contributed by atoms with Gasteiger partial charge in [-0.2, -0.15) is 0 Å². The van der Waals surface area contributed by atoms with Gasteiger partial charge in [0.2, 0.25) is 5.91 Å². The molecular weight excluding hydrogens is 306 g/mol. The zero-order valence-electron chi connectivity index (χ0n) is 12.5. The first-order chi connectivity index (χ1) is 10.4. The quantitative estimate of drug-likeness (QED) is 0.808. The molecule has 118 valence electrons. The molecule has 1 heterocycles. The van der Waals surface area contributed by atoms with Crippen molar-refractivity contribution in [2.75, 3.05) is 13.1 Å². The van der Waals surface area contributed by atoms with Crippen LogP contribution in [0, 0.1) is 0 Å². The van der Waals surface area contributed by atoms with Crippen molar-refractivity contribution in [3.63, 3.8) is 0 Å². The molecule has 1 atom stereocenters. The first-order valence-corrected chi connectivity index (χ1v) is 7.43. The van der Waals surface area contributed by atoms with Gasteiger partial charge in [0.25, 0.3) is 5.91 Å². The highest BCUT2D eigenvalue weighted by Crippen LogP contribution is 2.29.